The molecule has 0 aromatic rings. The van der Waals surface area contributed by atoms with E-state index in [0.717, 1.165) is 4.90 Å². The van der Waals surface area contributed by atoms with Crippen LogP contribution in [0.5, 0.6) is 0 Å². The molecule has 0 rings (SSSR count). The maximum atomic E-state index is 11.8. The molecule has 7 heteroatoms. The summed E-state index contributed by atoms with van der Waals surface area (Å²) in [7, 11) is 1.44. The zero-order chi connectivity index (χ0) is 15.2. The number of carboxylic acids is 1. The number of aliphatic carboxylic acids is 1. The molecule has 0 aromatic heterocycles. The van der Waals surface area contributed by atoms with Crippen LogP contribution in [0.4, 0.5) is 4.79 Å². The number of nitrogens with zero attached hydrogens (tertiary/aromatic N) is 1. The van der Waals surface area contributed by atoms with Crippen molar-refractivity contribution in [3.8, 4) is 0 Å². The fraction of sp³-hybridized carbons (Fsp3) is 0.750. The lowest BCUT2D eigenvalue weighted by atomic mass is 10.00. The molecule has 110 valence electrons. The number of carbonyl (C=O) groups excluding carboxylic acids is 2. The summed E-state index contributed by atoms with van der Waals surface area (Å²) in [6.45, 7) is 6.60. The van der Waals surface area contributed by atoms with E-state index in [1.165, 1.54) is 14.0 Å². The van der Waals surface area contributed by atoms with Crippen molar-refractivity contribution in [2.75, 3.05) is 13.6 Å². The van der Waals surface area contributed by atoms with Crippen LogP contribution in [0.25, 0.3) is 0 Å². The number of hydrogen-bond donors (Lipinski definition) is 3. The van der Waals surface area contributed by atoms with E-state index < -0.39 is 17.5 Å². The van der Waals surface area contributed by atoms with E-state index in [1.807, 2.05) is 13.8 Å². The van der Waals surface area contributed by atoms with Crippen molar-refractivity contribution in [3.05, 3.63) is 0 Å². The zero-order valence-corrected chi connectivity index (χ0v) is 12.1. The second-order valence-corrected chi connectivity index (χ2v) is 5.00. The van der Waals surface area contributed by atoms with Crippen LogP contribution in [0.1, 0.15) is 34.1 Å². The lowest BCUT2D eigenvalue weighted by Gasteiger charge is -2.28. The SMILES string of the molecule is CCC(C)(NC(=O)N(C)CC(=O)NC(C)C)C(=O)O. The highest BCUT2D eigenvalue weighted by Crippen LogP contribution is 2.09. The minimum absolute atomic E-state index is 0.0103. The first-order valence-corrected chi connectivity index (χ1v) is 6.18. The first kappa shape index (κ1) is 17.2. The van der Waals surface area contributed by atoms with Gasteiger partial charge in [-0.15, -0.1) is 0 Å². The lowest BCUT2D eigenvalue weighted by Crippen LogP contribution is -2.56. The highest BCUT2D eigenvalue weighted by molar-refractivity contribution is 5.88. The first-order chi connectivity index (χ1) is 8.62. The summed E-state index contributed by atoms with van der Waals surface area (Å²) < 4.78 is 0. The molecule has 3 N–H and O–H groups in total. The molecule has 19 heavy (non-hydrogen) atoms. The summed E-state index contributed by atoms with van der Waals surface area (Å²) in [5, 5.41) is 14.1. The number of nitrogens with one attached hydrogen (secondary N) is 2. The standard InChI is InChI=1S/C12H23N3O4/c1-6-12(4,10(17)18)14-11(19)15(5)7-9(16)13-8(2)3/h8H,6-7H2,1-5H3,(H,13,16)(H,14,19)(H,17,18). The molecule has 0 bridgehead atoms. The van der Waals surface area contributed by atoms with Crippen LogP contribution in [0.3, 0.4) is 0 Å². The Kier molecular flexibility index (Phi) is 6.31. The van der Waals surface area contributed by atoms with Crippen molar-refractivity contribution in [1.82, 2.24) is 15.5 Å². The maximum Gasteiger partial charge on any atom is 0.329 e. The molecule has 0 aliphatic carbocycles. The summed E-state index contributed by atoms with van der Waals surface area (Å²) in [5.74, 6) is -1.40. The predicted molar refractivity (Wildman–Crippen MR) is 70.8 cm³/mol. The quantitative estimate of drug-likeness (QED) is 0.652. The molecule has 0 radical (unpaired) electrons. The van der Waals surface area contributed by atoms with E-state index in [2.05, 4.69) is 10.6 Å². The second kappa shape index (κ2) is 6.96. The van der Waals surface area contributed by atoms with Gasteiger partial charge in [-0.3, -0.25) is 4.79 Å². The molecule has 0 spiro atoms. The third kappa shape index (κ3) is 5.58. The van der Waals surface area contributed by atoms with E-state index in [-0.39, 0.29) is 24.9 Å². The Labute approximate surface area is 113 Å². The summed E-state index contributed by atoms with van der Waals surface area (Å²) in [4.78, 5) is 35.5. The molecule has 0 fully saturated rings. The minimum Gasteiger partial charge on any atom is -0.480 e. The Balaban J connectivity index is 4.50. The van der Waals surface area contributed by atoms with E-state index in [0.29, 0.717) is 0 Å². The number of likely N-dealkylation sites (N-methyl/N-ethyl adjacent to an activating group) is 1. The van der Waals surface area contributed by atoms with Gasteiger partial charge in [0, 0.05) is 13.1 Å². The first-order valence-electron chi connectivity index (χ1n) is 6.18. The summed E-state index contributed by atoms with van der Waals surface area (Å²) in [6.07, 6.45) is 0.250. The van der Waals surface area contributed by atoms with Gasteiger partial charge in [0.05, 0.1) is 0 Å². The van der Waals surface area contributed by atoms with Crippen molar-refractivity contribution in [2.45, 2.75) is 45.7 Å². The molecule has 0 heterocycles. The zero-order valence-electron chi connectivity index (χ0n) is 12.1. The van der Waals surface area contributed by atoms with Crippen LogP contribution in [-0.2, 0) is 9.59 Å². The number of rotatable bonds is 6. The van der Waals surface area contributed by atoms with Crippen LogP contribution in [0, 0.1) is 0 Å². The van der Waals surface area contributed by atoms with Crippen molar-refractivity contribution in [2.24, 2.45) is 0 Å². The Bertz CT molecular complexity index is 357. The molecular weight excluding hydrogens is 250 g/mol. The lowest BCUT2D eigenvalue weighted by molar-refractivity contribution is -0.143. The number of carboxylic acid groups (broad SMARTS) is 1. The molecule has 3 amide bonds. The van der Waals surface area contributed by atoms with E-state index >= 15 is 0 Å². The molecule has 7 nitrogen and oxygen atoms in total. The predicted octanol–water partition coefficient (Wildman–Crippen LogP) is 0.406. The fourth-order valence-corrected chi connectivity index (χ4v) is 1.28. The fourth-order valence-electron chi connectivity index (χ4n) is 1.28. The van der Waals surface area contributed by atoms with Gasteiger partial charge in [-0.25, -0.2) is 9.59 Å². The van der Waals surface area contributed by atoms with E-state index in [4.69, 9.17) is 5.11 Å². The van der Waals surface area contributed by atoms with Gasteiger partial charge < -0.3 is 20.6 Å². The Morgan fingerprint density at radius 2 is 1.84 bits per heavy atom. The topological polar surface area (TPSA) is 98.7 Å². The highest BCUT2D eigenvalue weighted by Gasteiger charge is 2.33. The molecule has 0 saturated carbocycles. The Morgan fingerprint density at radius 1 is 1.32 bits per heavy atom. The van der Waals surface area contributed by atoms with Gasteiger partial charge in [0.1, 0.15) is 12.1 Å². The monoisotopic (exact) mass is 273 g/mol. The van der Waals surface area contributed by atoms with Gasteiger partial charge in [-0.1, -0.05) is 6.92 Å². The Hall–Kier alpha value is -1.79. The third-order valence-corrected chi connectivity index (χ3v) is 2.74. The average molecular weight is 273 g/mol. The van der Waals surface area contributed by atoms with Gasteiger partial charge in [-0.05, 0) is 27.2 Å². The maximum absolute atomic E-state index is 11.8. The second-order valence-electron chi connectivity index (χ2n) is 5.00. The molecular formula is C12H23N3O4. The van der Waals surface area contributed by atoms with Crippen molar-refractivity contribution in [3.63, 3.8) is 0 Å². The highest BCUT2D eigenvalue weighted by atomic mass is 16.4. The third-order valence-electron chi connectivity index (χ3n) is 2.74. The van der Waals surface area contributed by atoms with Crippen molar-refractivity contribution >= 4 is 17.9 Å². The molecule has 0 aliphatic heterocycles. The van der Waals surface area contributed by atoms with Crippen LogP contribution in [0.15, 0.2) is 0 Å². The summed E-state index contributed by atoms with van der Waals surface area (Å²) >= 11 is 0. The smallest absolute Gasteiger partial charge is 0.329 e. The van der Waals surface area contributed by atoms with Crippen LogP contribution in [0.2, 0.25) is 0 Å². The summed E-state index contributed by atoms with van der Waals surface area (Å²) in [6, 6.07) is -0.602. The van der Waals surface area contributed by atoms with E-state index in [9.17, 15) is 14.4 Å². The van der Waals surface area contributed by atoms with Crippen LogP contribution >= 0.6 is 0 Å². The molecule has 0 saturated heterocycles. The summed E-state index contributed by atoms with van der Waals surface area (Å²) in [5.41, 5.74) is -1.33. The molecule has 1 unspecified atom stereocenters. The number of hydrogen-bond acceptors (Lipinski definition) is 3. The van der Waals surface area contributed by atoms with Gasteiger partial charge >= 0.3 is 12.0 Å². The van der Waals surface area contributed by atoms with Gasteiger partial charge in [-0.2, -0.15) is 0 Å². The van der Waals surface area contributed by atoms with Crippen molar-refractivity contribution in [1.29, 1.82) is 0 Å². The largest absolute Gasteiger partial charge is 0.480 e. The van der Waals surface area contributed by atoms with Gasteiger partial charge in [0.15, 0.2) is 0 Å². The van der Waals surface area contributed by atoms with Crippen LogP contribution < -0.4 is 10.6 Å². The van der Waals surface area contributed by atoms with Crippen molar-refractivity contribution < 1.29 is 19.5 Å². The molecule has 0 aliphatic rings. The number of amides is 3. The minimum atomic E-state index is -1.33. The molecule has 0 aromatic carbocycles. The van der Waals surface area contributed by atoms with Crippen LogP contribution in [-0.4, -0.2) is 53.1 Å². The molecule has 1 atom stereocenters. The van der Waals surface area contributed by atoms with Gasteiger partial charge in [0.2, 0.25) is 5.91 Å². The normalized spacial score (nSPS) is 13.6. The van der Waals surface area contributed by atoms with Gasteiger partial charge in [0.25, 0.3) is 0 Å². The van der Waals surface area contributed by atoms with E-state index in [1.54, 1.807) is 6.92 Å². The Morgan fingerprint density at radius 3 is 2.21 bits per heavy atom. The average Bonchev–Trinajstić information content (AvgIpc) is 2.26. The number of urea groups is 1. The number of carbonyl (C=O) groups is 3.